The topological polar surface area (TPSA) is 144 Å². The van der Waals surface area contributed by atoms with Gasteiger partial charge in [0.25, 0.3) is 5.91 Å². The first-order valence-corrected chi connectivity index (χ1v) is 11.8. The SMILES string of the molecule is CCNC(=O)Nc1cc(-c2nc(C(F)(F)F)cs2)c(-c2cc(C(=O)NN)cnc2OCC2CC2)cn1. The standard InChI is InChI=1S/C22H22F3N7O3S/c1-2-27-21(34)31-17-6-14(20-30-16(10-36-20)22(23,24)25)15(8-28-17)13-5-12(18(33)32-26)7-29-19(13)35-9-11-3-4-11/h5-8,10-11H,2-4,9,26H2,1H3,(H,32,33)(H2,27,28,31,34). The Bertz CT molecular complexity index is 1280. The molecule has 0 bridgehead atoms. The van der Waals surface area contributed by atoms with Crippen LogP contribution in [-0.2, 0) is 6.18 Å². The van der Waals surface area contributed by atoms with E-state index >= 15 is 0 Å². The first-order chi connectivity index (χ1) is 17.2. The van der Waals surface area contributed by atoms with Gasteiger partial charge in [0, 0.05) is 41.0 Å². The molecule has 0 spiro atoms. The van der Waals surface area contributed by atoms with Crippen LogP contribution >= 0.6 is 11.3 Å². The van der Waals surface area contributed by atoms with E-state index in [1.165, 1.54) is 24.5 Å². The fourth-order valence-electron chi connectivity index (χ4n) is 3.21. The molecule has 10 nitrogen and oxygen atoms in total. The Morgan fingerprint density at radius 1 is 1.17 bits per heavy atom. The summed E-state index contributed by atoms with van der Waals surface area (Å²) < 4.78 is 45.7. The second-order valence-electron chi connectivity index (χ2n) is 7.94. The molecule has 3 aromatic rings. The largest absolute Gasteiger partial charge is 0.477 e. The molecule has 190 valence electrons. The number of urea groups is 1. The lowest BCUT2D eigenvalue weighted by molar-refractivity contribution is -0.140. The zero-order chi connectivity index (χ0) is 25.9. The van der Waals surface area contributed by atoms with Crippen LogP contribution < -0.4 is 26.6 Å². The van der Waals surface area contributed by atoms with E-state index in [0.717, 1.165) is 29.6 Å². The quantitative estimate of drug-likeness (QED) is 0.200. The minimum atomic E-state index is -4.64. The van der Waals surface area contributed by atoms with Gasteiger partial charge in [0.1, 0.15) is 10.8 Å². The Hall–Kier alpha value is -3.78. The second-order valence-corrected chi connectivity index (χ2v) is 8.80. The van der Waals surface area contributed by atoms with Crippen molar-refractivity contribution >= 4 is 29.1 Å². The van der Waals surface area contributed by atoms with E-state index in [-0.39, 0.29) is 27.8 Å². The summed E-state index contributed by atoms with van der Waals surface area (Å²) in [7, 11) is 0. The van der Waals surface area contributed by atoms with Gasteiger partial charge in [-0.2, -0.15) is 13.2 Å². The number of anilines is 1. The number of hydrogen-bond acceptors (Lipinski definition) is 8. The first-order valence-electron chi connectivity index (χ1n) is 10.9. The molecule has 4 rings (SSSR count). The molecule has 0 saturated heterocycles. The van der Waals surface area contributed by atoms with Gasteiger partial charge in [-0.05, 0) is 37.8 Å². The number of ether oxygens (including phenoxy) is 1. The zero-order valence-corrected chi connectivity index (χ0v) is 19.8. The third-order valence-corrected chi connectivity index (χ3v) is 6.07. The third-order valence-electron chi connectivity index (χ3n) is 5.20. The van der Waals surface area contributed by atoms with Gasteiger partial charge >= 0.3 is 12.2 Å². The molecule has 1 aliphatic carbocycles. The van der Waals surface area contributed by atoms with Crippen LogP contribution in [0.5, 0.6) is 5.88 Å². The van der Waals surface area contributed by atoms with Gasteiger partial charge in [-0.25, -0.2) is 25.6 Å². The molecule has 1 saturated carbocycles. The van der Waals surface area contributed by atoms with Crippen LogP contribution in [-0.4, -0.2) is 40.0 Å². The molecule has 0 atom stereocenters. The highest BCUT2D eigenvalue weighted by Gasteiger charge is 2.34. The van der Waals surface area contributed by atoms with Crippen molar-refractivity contribution in [3.63, 3.8) is 0 Å². The number of pyridine rings is 2. The van der Waals surface area contributed by atoms with Gasteiger partial charge in [0.2, 0.25) is 5.88 Å². The molecule has 3 heterocycles. The number of nitrogen functional groups attached to an aromatic ring is 1. The molecule has 3 aromatic heterocycles. The Labute approximate surface area is 207 Å². The van der Waals surface area contributed by atoms with Crippen molar-refractivity contribution < 1.29 is 27.5 Å². The maximum Gasteiger partial charge on any atom is 0.434 e. The Morgan fingerprint density at radius 3 is 2.58 bits per heavy atom. The van der Waals surface area contributed by atoms with Gasteiger partial charge in [-0.15, -0.1) is 11.3 Å². The van der Waals surface area contributed by atoms with E-state index in [0.29, 0.717) is 30.2 Å². The number of hydrazine groups is 1. The molecular weight excluding hydrogens is 499 g/mol. The van der Waals surface area contributed by atoms with Gasteiger partial charge < -0.3 is 10.1 Å². The van der Waals surface area contributed by atoms with E-state index < -0.39 is 23.8 Å². The summed E-state index contributed by atoms with van der Waals surface area (Å²) in [6, 6.07) is 2.34. The number of nitrogens with one attached hydrogen (secondary N) is 3. The molecule has 1 aliphatic rings. The maximum absolute atomic E-state index is 13.3. The second kappa shape index (κ2) is 10.5. The van der Waals surface area contributed by atoms with Crippen LogP contribution in [0.15, 0.2) is 29.9 Å². The number of thiazole rings is 1. The Morgan fingerprint density at radius 2 is 1.94 bits per heavy atom. The molecule has 3 amide bonds. The summed E-state index contributed by atoms with van der Waals surface area (Å²) in [6.07, 6.45) is 0.0573. The van der Waals surface area contributed by atoms with E-state index in [1.54, 1.807) is 6.92 Å². The van der Waals surface area contributed by atoms with E-state index in [2.05, 4.69) is 25.6 Å². The number of halogens is 3. The van der Waals surface area contributed by atoms with E-state index in [9.17, 15) is 22.8 Å². The van der Waals surface area contributed by atoms with Crippen molar-refractivity contribution in [2.75, 3.05) is 18.5 Å². The van der Waals surface area contributed by atoms with Crippen molar-refractivity contribution in [2.24, 2.45) is 11.8 Å². The summed E-state index contributed by atoms with van der Waals surface area (Å²) in [5.41, 5.74) is 1.94. The summed E-state index contributed by atoms with van der Waals surface area (Å²) in [6.45, 7) is 2.50. The van der Waals surface area contributed by atoms with Crippen molar-refractivity contribution in [1.82, 2.24) is 25.7 Å². The number of nitrogens with two attached hydrogens (primary N) is 1. The number of nitrogens with zero attached hydrogens (tertiary/aromatic N) is 3. The minimum absolute atomic E-state index is 0.0282. The highest BCUT2D eigenvalue weighted by Crippen LogP contribution is 2.41. The monoisotopic (exact) mass is 521 g/mol. The third kappa shape index (κ3) is 5.88. The summed E-state index contributed by atoms with van der Waals surface area (Å²) in [5.74, 6) is 5.30. The molecule has 5 N–H and O–H groups in total. The van der Waals surface area contributed by atoms with Crippen LogP contribution in [0.2, 0.25) is 0 Å². The average molecular weight is 522 g/mol. The van der Waals surface area contributed by atoms with Gasteiger partial charge in [0.15, 0.2) is 5.69 Å². The Balaban J connectivity index is 1.84. The lowest BCUT2D eigenvalue weighted by Crippen LogP contribution is -2.30. The molecule has 0 radical (unpaired) electrons. The number of aromatic nitrogens is 3. The average Bonchev–Trinajstić information content (AvgIpc) is 3.53. The first kappa shape index (κ1) is 25.3. The van der Waals surface area contributed by atoms with Crippen LogP contribution in [0, 0.1) is 5.92 Å². The normalized spacial score (nSPS) is 13.2. The van der Waals surface area contributed by atoms with Gasteiger partial charge in [-0.1, -0.05) is 0 Å². The highest BCUT2D eigenvalue weighted by molar-refractivity contribution is 7.13. The Kier molecular flexibility index (Phi) is 7.35. The minimum Gasteiger partial charge on any atom is -0.477 e. The number of carbonyl (C=O) groups is 2. The molecule has 0 unspecified atom stereocenters. The zero-order valence-electron chi connectivity index (χ0n) is 19.0. The fourth-order valence-corrected chi connectivity index (χ4v) is 4.07. The molecule has 0 aliphatic heterocycles. The van der Waals surface area contributed by atoms with E-state index in [1.807, 2.05) is 5.43 Å². The number of alkyl halides is 3. The number of amides is 3. The van der Waals surface area contributed by atoms with Crippen LogP contribution in [0.4, 0.5) is 23.8 Å². The van der Waals surface area contributed by atoms with Gasteiger partial charge in [0.05, 0.1) is 12.2 Å². The molecule has 14 heteroatoms. The lowest BCUT2D eigenvalue weighted by atomic mass is 10.0. The molecule has 36 heavy (non-hydrogen) atoms. The van der Waals surface area contributed by atoms with Crippen LogP contribution in [0.3, 0.4) is 0 Å². The predicted octanol–water partition coefficient (Wildman–Crippen LogP) is 3.82. The van der Waals surface area contributed by atoms with Crippen molar-refractivity contribution in [1.29, 1.82) is 0 Å². The van der Waals surface area contributed by atoms with E-state index in [4.69, 9.17) is 10.6 Å². The summed E-state index contributed by atoms with van der Waals surface area (Å²) in [5, 5.41) is 6.02. The maximum atomic E-state index is 13.3. The molecule has 1 fully saturated rings. The number of carbonyl (C=O) groups excluding carboxylic acids is 2. The molecule has 0 aromatic carbocycles. The highest BCUT2D eigenvalue weighted by atomic mass is 32.1. The molecular formula is C22H22F3N7O3S. The van der Waals surface area contributed by atoms with Crippen molar-refractivity contribution in [3.05, 3.63) is 41.2 Å². The lowest BCUT2D eigenvalue weighted by Gasteiger charge is -2.15. The van der Waals surface area contributed by atoms with Crippen molar-refractivity contribution in [3.8, 4) is 27.6 Å². The summed E-state index contributed by atoms with van der Waals surface area (Å²) in [4.78, 5) is 36.4. The summed E-state index contributed by atoms with van der Waals surface area (Å²) >= 11 is 0.778. The number of hydrogen-bond donors (Lipinski definition) is 4. The van der Waals surface area contributed by atoms with Crippen molar-refractivity contribution in [2.45, 2.75) is 25.9 Å². The van der Waals surface area contributed by atoms with Gasteiger partial charge in [-0.3, -0.25) is 15.5 Å². The smallest absolute Gasteiger partial charge is 0.434 e. The predicted molar refractivity (Wildman–Crippen MR) is 126 cm³/mol. The number of rotatable bonds is 8. The van der Waals surface area contributed by atoms with Crippen LogP contribution in [0.1, 0.15) is 35.8 Å². The fraction of sp³-hybridized carbons (Fsp3) is 0.318. The van der Waals surface area contributed by atoms with Crippen LogP contribution in [0.25, 0.3) is 21.7 Å².